The predicted octanol–water partition coefficient (Wildman–Crippen LogP) is 3.96. The zero-order chi connectivity index (χ0) is 14.5. The van der Waals surface area contributed by atoms with Crippen LogP contribution in [0.1, 0.15) is 11.1 Å². The molecule has 0 aliphatic rings. The summed E-state index contributed by atoms with van der Waals surface area (Å²) >= 11 is 0. The van der Waals surface area contributed by atoms with Crippen molar-refractivity contribution in [1.82, 2.24) is 10.3 Å². The second-order valence-corrected chi connectivity index (χ2v) is 4.93. The second kappa shape index (κ2) is 7.78. The minimum absolute atomic E-state index is 0. The highest BCUT2D eigenvalue weighted by molar-refractivity contribution is 5.87. The smallest absolute Gasteiger partial charge is 0.123 e. The topological polar surface area (TPSA) is 34.1 Å². The van der Waals surface area contributed by atoms with Crippen molar-refractivity contribution in [3.8, 4) is 5.75 Å². The van der Waals surface area contributed by atoms with E-state index in [2.05, 4.69) is 46.7 Å². The first-order chi connectivity index (χ1) is 10.4. The number of benzene rings is 2. The van der Waals surface area contributed by atoms with Crippen LogP contribution in [0.5, 0.6) is 5.75 Å². The van der Waals surface area contributed by atoms with Gasteiger partial charge < -0.3 is 10.1 Å². The number of pyridine rings is 1. The summed E-state index contributed by atoms with van der Waals surface area (Å²) in [7, 11) is 1.72. The SMILES string of the molecule is COc1ccc2ccccc2c1CNCc1cccnc1.Cl. The van der Waals surface area contributed by atoms with Crippen LogP contribution >= 0.6 is 12.4 Å². The maximum Gasteiger partial charge on any atom is 0.123 e. The third-order valence-corrected chi connectivity index (χ3v) is 3.57. The number of nitrogens with zero attached hydrogens (tertiary/aromatic N) is 1. The van der Waals surface area contributed by atoms with Gasteiger partial charge in [-0.3, -0.25) is 4.98 Å². The van der Waals surface area contributed by atoms with Crippen LogP contribution in [0.3, 0.4) is 0 Å². The van der Waals surface area contributed by atoms with Crippen molar-refractivity contribution < 1.29 is 4.74 Å². The minimum atomic E-state index is 0. The molecule has 0 aliphatic heterocycles. The highest BCUT2D eigenvalue weighted by atomic mass is 35.5. The molecular weight excluding hydrogens is 296 g/mol. The van der Waals surface area contributed by atoms with Crippen LogP contribution in [0.2, 0.25) is 0 Å². The molecule has 1 heterocycles. The first-order valence-corrected chi connectivity index (χ1v) is 7.03. The van der Waals surface area contributed by atoms with Crippen LogP contribution in [0, 0.1) is 0 Å². The molecule has 2 aromatic carbocycles. The summed E-state index contributed by atoms with van der Waals surface area (Å²) < 4.78 is 5.50. The summed E-state index contributed by atoms with van der Waals surface area (Å²) in [5.74, 6) is 0.924. The van der Waals surface area contributed by atoms with Gasteiger partial charge >= 0.3 is 0 Å². The summed E-state index contributed by atoms with van der Waals surface area (Å²) in [6.07, 6.45) is 3.67. The molecule has 0 spiro atoms. The number of halogens is 1. The van der Waals surface area contributed by atoms with Crippen molar-refractivity contribution in [2.45, 2.75) is 13.1 Å². The van der Waals surface area contributed by atoms with E-state index in [9.17, 15) is 0 Å². The quantitative estimate of drug-likeness (QED) is 0.774. The summed E-state index contributed by atoms with van der Waals surface area (Å²) in [5.41, 5.74) is 2.37. The maximum absolute atomic E-state index is 5.50. The van der Waals surface area contributed by atoms with Crippen molar-refractivity contribution in [1.29, 1.82) is 0 Å². The third-order valence-electron chi connectivity index (χ3n) is 3.57. The summed E-state index contributed by atoms with van der Waals surface area (Å²) in [6.45, 7) is 1.56. The van der Waals surface area contributed by atoms with E-state index in [4.69, 9.17) is 4.74 Å². The highest BCUT2D eigenvalue weighted by Crippen LogP contribution is 2.27. The number of hydrogen-bond donors (Lipinski definition) is 1. The highest BCUT2D eigenvalue weighted by Gasteiger charge is 2.07. The average molecular weight is 315 g/mol. The summed E-state index contributed by atoms with van der Waals surface area (Å²) in [5, 5.41) is 5.93. The molecule has 0 bridgehead atoms. The lowest BCUT2D eigenvalue weighted by Crippen LogP contribution is -2.13. The van der Waals surface area contributed by atoms with Crippen molar-refractivity contribution in [2.75, 3.05) is 7.11 Å². The van der Waals surface area contributed by atoms with Gasteiger partial charge in [0.25, 0.3) is 0 Å². The molecule has 0 radical (unpaired) electrons. The molecule has 114 valence electrons. The molecule has 0 unspecified atom stereocenters. The number of nitrogens with one attached hydrogen (secondary N) is 1. The molecule has 1 N–H and O–H groups in total. The molecule has 3 rings (SSSR count). The van der Waals surface area contributed by atoms with Gasteiger partial charge in [-0.15, -0.1) is 12.4 Å². The van der Waals surface area contributed by atoms with Gasteiger partial charge in [0.15, 0.2) is 0 Å². The molecule has 0 aliphatic carbocycles. The van der Waals surface area contributed by atoms with E-state index < -0.39 is 0 Å². The Morgan fingerprint density at radius 1 is 1.00 bits per heavy atom. The van der Waals surface area contributed by atoms with Gasteiger partial charge in [-0.1, -0.05) is 36.4 Å². The van der Waals surface area contributed by atoms with E-state index in [1.54, 1.807) is 13.3 Å². The van der Waals surface area contributed by atoms with E-state index in [1.807, 2.05) is 18.3 Å². The van der Waals surface area contributed by atoms with Crippen molar-refractivity contribution >= 4 is 23.2 Å². The molecule has 0 atom stereocenters. The van der Waals surface area contributed by atoms with E-state index in [-0.39, 0.29) is 12.4 Å². The summed E-state index contributed by atoms with van der Waals surface area (Å²) in [6, 6.07) is 16.5. The van der Waals surface area contributed by atoms with E-state index in [0.717, 1.165) is 18.8 Å². The molecule has 3 aromatic rings. The Morgan fingerprint density at radius 2 is 1.86 bits per heavy atom. The van der Waals surface area contributed by atoms with Gasteiger partial charge in [0.05, 0.1) is 7.11 Å². The van der Waals surface area contributed by atoms with Crippen LogP contribution in [0.4, 0.5) is 0 Å². The van der Waals surface area contributed by atoms with E-state index in [1.165, 1.54) is 21.9 Å². The van der Waals surface area contributed by atoms with Crippen molar-refractivity contribution in [3.63, 3.8) is 0 Å². The molecule has 3 nitrogen and oxygen atoms in total. The Bertz CT molecular complexity index is 731. The first kappa shape index (κ1) is 16.3. The average Bonchev–Trinajstić information content (AvgIpc) is 2.56. The van der Waals surface area contributed by atoms with Crippen LogP contribution < -0.4 is 10.1 Å². The van der Waals surface area contributed by atoms with Gasteiger partial charge in [-0.05, 0) is 28.5 Å². The predicted molar refractivity (Wildman–Crippen MR) is 92.5 cm³/mol. The van der Waals surface area contributed by atoms with Gasteiger partial charge in [0.1, 0.15) is 5.75 Å². The number of ether oxygens (including phenoxy) is 1. The zero-order valence-corrected chi connectivity index (χ0v) is 13.3. The second-order valence-electron chi connectivity index (χ2n) is 4.93. The Labute approximate surface area is 136 Å². The lowest BCUT2D eigenvalue weighted by molar-refractivity contribution is 0.408. The molecule has 0 fully saturated rings. The fourth-order valence-electron chi connectivity index (χ4n) is 2.52. The Morgan fingerprint density at radius 3 is 2.64 bits per heavy atom. The van der Waals surface area contributed by atoms with Crippen molar-refractivity contribution in [2.24, 2.45) is 0 Å². The fourth-order valence-corrected chi connectivity index (χ4v) is 2.52. The molecular formula is C18H19ClN2O. The van der Waals surface area contributed by atoms with Gasteiger partial charge in [0.2, 0.25) is 0 Å². The number of hydrogen-bond acceptors (Lipinski definition) is 3. The standard InChI is InChI=1S/C18H18N2O.ClH/c1-21-18-9-8-15-6-2-3-7-16(15)17(18)13-20-12-14-5-4-10-19-11-14;/h2-11,20H,12-13H2,1H3;1H. The van der Waals surface area contributed by atoms with E-state index >= 15 is 0 Å². The van der Waals surface area contributed by atoms with Crippen LogP contribution in [-0.4, -0.2) is 12.1 Å². The van der Waals surface area contributed by atoms with Crippen molar-refractivity contribution in [3.05, 3.63) is 72.1 Å². The van der Waals surface area contributed by atoms with Crippen LogP contribution in [-0.2, 0) is 13.1 Å². The Balaban J connectivity index is 0.00000176. The molecule has 0 amide bonds. The van der Waals surface area contributed by atoms with Crippen LogP contribution in [0.15, 0.2) is 60.9 Å². The summed E-state index contributed by atoms with van der Waals surface area (Å²) in [4.78, 5) is 4.13. The van der Waals surface area contributed by atoms with Crippen LogP contribution in [0.25, 0.3) is 10.8 Å². The fraction of sp³-hybridized carbons (Fsp3) is 0.167. The lowest BCUT2D eigenvalue weighted by Gasteiger charge is -2.13. The van der Waals surface area contributed by atoms with Gasteiger partial charge in [0, 0.05) is 31.0 Å². The number of methoxy groups -OCH3 is 1. The monoisotopic (exact) mass is 314 g/mol. The van der Waals surface area contributed by atoms with E-state index in [0.29, 0.717) is 0 Å². The number of fused-ring (bicyclic) bond motifs is 1. The molecule has 0 saturated heterocycles. The zero-order valence-electron chi connectivity index (χ0n) is 12.5. The van der Waals surface area contributed by atoms with Gasteiger partial charge in [-0.2, -0.15) is 0 Å². The number of rotatable bonds is 5. The minimum Gasteiger partial charge on any atom is -0.496 e. The Hall–Kier alpha value is -2.10. The molecule has 22 heavy (non-hydrogen) atoms. The largest absolute Gasteiger partial charge is 0.496 e. The molecule has 1 aromatic heterocycles. The lowest BCUT2D eigenvalue weighted by atomic mass is 10.0. The molecule has 4 heteroatoms. The number of aromatic nitrogens is 1. The molecule has 0 saturated carbocycles. The maximum atomic E-state index is 5.50. The van der Waals surface area contributed by atoms with Gasteiger partial charge in [-0.25, -0.2) is 0 Å². The third kappa shape index (κ3) is 3.56. The Kier molecular flexibility index (Phi) is 5.75. The normalized spacial score (nSPS) is 10.2. The first-order valence-electron chi connectivity index (χ1n) is 7.03.